The molecule has 0 saturated carbocycles. The Labute approximate surface area is 118 Å². The van der Waals surface area contributed by atoms with Gasteiger partial charge in [0.15, 0.2) is 6.04 Å². The molecule has 1 aliphatic rings. The lowest BCUT2D eigenvalue weighted by atomic mass is 9.88. The highest BCUT2D eigenvalue weighted by molar-refractivity contribution is 5.88. The van der Waals surface area contributed by atoms with Gasteiger partial charge in [-0.05, 0) is 25.5 Å². The maximum absolute atomic E-state index is 12.4. The number of carbonyl (C=O) groups excluding carboxylic acids is 2. The maximum atomic E-state index is 12.4. The fourth-order valence-electron chi connectivity index (χ4n) is 2.36. The second-order valence-electron chi connectivity index (χ2n) is 5.33. The van der Waals surface area contributed by atoms with E-state index in [1.165, 1.54) is 7.11 Å². The van der Waals surface area contributed by atoms with E-state index in [2.05, 4.69) is 10.6 Å². The van der Waals surface area contributed by atoms with Crippen LogP contribution in [0.1, 0.15) is 24.9 Å². The Balaban J connectivity index is 2.16. The van der Waals surface area contributed by atoms with Gasteiger partial charge >= 0.3 is 5.97 Å². The molecule has 1 fully saturated rings. The van der Waals surface area contributed by atoms with Gasteiger partial charge in [0, 0.05) is 6.54 Å². The van der Waals surface area contributed by atoms with Crippen molar-refractivity contribution in [1.82, 2.24) is 10.6 Å². The predicted octanol–water partition coefficient (Wildman–Crippen LogP) is 1.02. The Morgan fingerprint density at radius 2 is 2.05 bits per heavy atom. The molecule has 1 aromatic carbocycles. The number of hydrogen-bond acceptors (Lipinski definition) is 4. The van der Waals surface area contributed by atoms with Gasteiger partial charge in [-0.1, -0.05) is 30.3 Å². The first-order valence-corrected chi connectivity index (χ1v) is 6.71. The van der Waals surface area contributed by atoms with Crippen molar-refractivity contribution >= 4 is 11.9 Å². The SMILES string of the molecule is COC(=O)C(NC(=O)C1(C)CCNC1)c1ccccc1. The van der Waals surface area contributed by atoms with E-state index in [9.17, 15) is 9.59 Å². The fourth-order valence-corrected chi connectivity index (χ4v) is 2.36. The second kappa shape index (κ2) is 6.05. The van der Waals surface area contributed by atoms with Gasteiger partial charge in [-0.2, -0.15) is 0 Å². The lowest BCUT2D eigenvalue weighted by Gasteiger charge is -2.25. The van der Waals surface area contributed by atoms with Crippen molar-refractivity contribution in [2.24, 2.45) is 5.41 Å². The molecular formula is C15H20N2O3. The summed E-state index contributed by atoms with van der Waals surface area (Å²) in [5.41, 5.74) is 0.253. The zero-order valence-corrected chi connectivity index (χ0v) is 11.8. The van der Waals surface area contributed by atoms with Crippen molar-refractivity contribution in [3.8, 4) is 0 Å². The Kier molecular flexibility index (Phi) is 4.39. The van der Waals surface area contributed by atoms with Gasteiger partial charge < -0.3 is 15.4 Å². The molecule has 2 rings (SSSR count). The van der Waals surface area contributed by atoms with Crippen molar-refractivity contribution in [3.63, 3.8) is 0 Å². The Morgan fingerprint density at radius 3 is 2.60 bits per heavy atom. The smallest absolute Gasteiger partial charge is 0.333 e. The zero-order chi connectivity index (χ0) is 14.6. The van der Waals surface area contributed by atoms with Gasteiger partial charge in [0.2, 0.25) is 5.91 Å². The highest BCUT2D eigenvalue weighted by Crippen LogP contribution is 2.26. The molecule has 5 heteroatoms. The Hall–Kier alpha value is -1.88. The van der Waals surface area contributed by atoms with Crippen LogP contribution in [-0.4, -0.2) is 32.1 Å². The predicted molar refractivity (Wildman–Crippen MR) is 74.9 cm³/mol. The minimum Gasteiger partial charge on any atom is -0.467 e. The minimum absolute atomic E-state index is 0.123. The molecule has 108 valence electrons. The Morgan fingerprint density at radius 1 is 1.35 bits per heavy atom. The van der Waals surface area contributed by atoms with Gasteiger partial charge in [0.25, 0.3) is 0 Å². The molecule has 5 nitrogen and oxygen atoms in total. The van der Waals surface area contributed by atoms with E-state index >= 15 is 0 Å². The highest BCUT2D eigenvalue weighted by Gasteiger charge is 2.38. The zero-order valence-electron chi connectivity index (χ0n) is 11.8. The van der Waals surface area contributed by atoms with Crippen LogP contribution in [0.5, 0.6) is 0 Å². The van der Waals surface area contributed by atoms with Crippen molar-refractivity contribution in [1.29, 1.82) is 0 Å². The third kappa shape index (κ3) is 2.99. The summed E-state index contributed by atoms with van der Waals surface area (Å²) >= 11 is 0. The summed E-state index contributed by atoms with van der Waals surface area (Å²) in [4.78, 5) is 24.3. The molecular weight excluding hydrogens is 256 g/mol. The average molecular weight is 276 g/mol. The van der Waals surface area contributed by atoms with Gasteiger partial charge in [-0.25, -0.2) is 4.79 Å². The van der Waals surface area contributed by atoms with Crippen molar-refractivity contribution in [2.75, 3.05) is 20.2 Å². The van der Waals surface area contributed by atoms with Crippen LogP contribution < -0.4 is 10.6 Å². The normalized spacial score (nSPS) is 23.1. The third-order valence-electron chi connectivity index (χ3n) is 3.76. The number of benzene rings is 1. The number of esters is 1. The standard InChI is InChI=1S/C15H20N2O3/c1-15(8-9-16-10-15)14(19)17-12(13(18)20-2)11-6-4-3-5-7-11/h3-7,12,16H,8-10H2,1-2H3,(H,17,19). The fraction of sp³-hybridized carbons (Fsp3) is 0.467. The van der Waals surface area contributed by atoms with E-state index in [1.54, 1.807) is 12.1 Å². The van der Waals surface area contributed by atoms with E-state index in [0.29, 0.717) is 6.54 Å². The molecule has 2 atom stereocenters. The summed E-state index contributed by atoms with van der Waals surface area (Å²) in [6, 6.07) is 8.37. The van der Waals surface area contributed by atoms with Gasteiger partial charge in [-0.3, -0.25) is 4.79 Å². The Bertz CT molecular complexity index is 481. The number of methoxy groups -OCH3 is 1. The van der Waals surface area contributed by atoms with Gasteiger partial charge in [0.1, 0.15) is 0 Å². The molecule has 0 aromatic heterocycles. The average Bonchev–Trinajstić information content (AvgIpc) is 2.93. The van der Waals surface area contributed by atoms with Crippen LogP contribution >= 0.6 is 0 Å². The lowest BCUT2D eigenvalue weighted by Crippen LogP contribution is -2.44. The van der Waals surface area contributed by atoms with E-state index in [1.807, 2.05) is 25.1 Å². The first-order chi connectivity index (χ1) is 9.57. The molecule has 0 spiro atoms. The number of nitrogens with one attached hydrogen (secondary N) is 2. The number of carbonyl (C=O) groups is 2. The van der Waals surface area contributed by atoms with Gasteiger partial charge in [0.05, 0.1) is 12.5 Å². The maximum Gasteiger partial charge on any atom is 0.333 e. The summed E-state index contributed by atoms with van der Waals surface area (Å²) in [7, 11) is 1.32. The van der Waals surface area contributed by atoms with E-state index in [-0.39, 0.29) is 5.91 Å². The molecule has 1 saturated heterocycles. The van der Waals surface area contributed by atoms with Crippen molar-refractivity contribution < 1.29 is 14.3 Å². The topological polar surface area (TPSA) is 67.4 Å². The summed E-state index contributed by atoms with van der Waals surface area (Å²) in [5.74, 6) is -0.583. The van der Waals surface area contributed by atoms with Crippen LogP contribution in [0.25, 0.3) is 0 Å². The van der Waals surface area contributed by atoms with Crippen LogP contribution in [0.2, 0.25) is 0 Å². The van der Waals surface area contributed by atoms with Crippen LogP contribution in [0.3, 0.4) is 0 Å². The minimum atomic E-state index is -0.758. The van der Waals surface area contributed by atoms with Crippen molar-refractivity contribution in [3.05, 3.63) is 35.9 Å². The first kappa shape index (κ1) is 14.5. The number of amides is 1. The van der Waals surface area contributed by atoms with Crippen LogP contribution in [0.15, 0.2) is 30.3 Å². The molecule has 2 unspecified atom stereocenters. The summed E-state index contributed by atoms with van der Waals surface area (Å²) < 4.78 is 4.79. The van der Waals surface area contributed by atoms with Crippen LogP contribution in [0, 0.1) is 5.41 Å². The van der Waals surface area contributed by atoms with E-state index in [4.69, 9.17) is 4.74 Å². The second-order valence-corrected chi connectivity index (χ2v) is 5.33. The highest BCUT2D eigenvalue weighted by atomic mass is 16.5. The molecule has 20 heavy (non-hydrogen) atoms. The first-order valence-electron chi connectivity index (χ1n) is 6.71. The van der Waals surface area contributed by atoms with Crippen molar-refractivity contribution in [2.45, 2.75) is 19.4 Å². The quantitative estimate of drug-likeness (QED) is 0.806. The molecule has 0 radical (unpaired) electrons. The number of rotatable bonds is 4. The summed E-state index contributed by atoms with van der Waals surface area (Å²) in [5, 5.41) is 5.99. The summed E-state index contributed by atoms with van der Waals surface area (Å²) in [6.07, 6.45) is 0.765. The molecule has 0 aliphatic carbocycles. The third-order valence-corrected chi connectivity index (χ3v) is 3.76. The molecule has 1 heterocycles. The molecule has 1 amide bonds. The monoisotopic (exact) mass is 276 g/mol. The number of hydrogen-bond donors (Lipinski definition) is 2. The lowest BCUT2D eigenvalue weighted by molar-refractivity contribution is -0.146. The largest absolute Gasteiger partial charge is 0.467 e. The molecule has 1 aromatic rings. The van der Waals surface area contributed by atoms with Crippen LogP contribution in [0.4, 0.5) is 0 Å². The van der Waals surface area contributed by atoms with Crippen LogP contribution in [-0.2, 0) is 14.3 Å². The van der Waals surface area contributed by atoms with E-state index in [0.717, 1.165) is 18.5 Å². The molecule has 2 N–H and O–H groups in total. The van der Waals surface area contributed by atoms with Gasteiger partial charge in [-0.15, -0.1) is 0 Å². The molecule has 0 bridgehead atoms. The van der Waals surface area contributed by atoms with E-state index < -0.39 is 17.4 Å². The number of ether oxygens (including phenoxy) is 1. The molecule has 1 aliphatic heterocycles. The summed E-state index contributed by atoms with van der Waals surface area (Å²) in [6.45, 7) is 3.35.